The van der Waals surface area contributed by atoms with Crippen molar-refractivity contribution >= 4 is 5.97 Å². The Morgan fingerprint density at radius 3 is 2.53 bits per heavy atom. The number of hydrogen-bond acceptors (Lipinski definition) is 5. The molecule has 0 N–H and O–H groups in total. The summed E-state index contributed by atoms with van der Waals surface area (Å²) in [5.41, 5.74) is 0.988. The van der Waals surface area contributed by atoms with Crippen molar-refractivity contribution in [2.24, 2.45) is 0 Å². The number of carbonyl (C=O) groups is 1. The van der Waals surface area contributed by atoms with E-state index in [4.69, 9.17) is 9.57 Å². The van der Waals surface area contributed by atoms with Crippen LogP contribution >= 0.6 is 0 Å². The molecule has 1 heterocycles. The van der Waals surface area contributed by atoms with Gasteiger partial charge in [-0.15, -0.1) is 5.06 Å². The van der Waals surface area contributed by atoms with Crippen LogP contribution in [0.4, 0.5) is 0 Å². The highest BCUT2D eigenvalue weighted by atomic mass is 16.8. The van der Waals surface area contributed by atoms with Gasteiger partial charge in [-0.25, -0.2) is 0 Å². The van der Waals surface area contributed by atoms with Gasteiger partial charge in [0.05, 0.1) is 14.2 Å². The molecule has 1 aromatic rings. The van der Waals surface area contributed by atoms with E-state index in [0.29, 0.717) is 0 Å². The summed E-state index contributed by atoms with van der Waals surface area (Å²) in [6.45, 7) is 1.75. The lowest BCUT2D eigenvalue weighted by atomic mass is 10.2. The molecule has 0 aliphatic carbocycles. The van der Waals surface area contributed by atoms with Gasteiger partial charge in [-0.05, 0) is 24.6 Å². The van der Waals surface area contributed by atoms with Crippen molar-refractivity contribution in [2.75, 3.05) is 14.2 Å². The molecule has 1 aliphatic heterocycles. The fourth-order valence-corrected chi connectivity index (χ4v) is 1.63. The molecule has 92 valence electrons. The zero-order chi connectivity index (χ0) is 12.4. The minimum absolute atomic E-state index is 0.171. The molecule has 5 nitrogen and oxygen atoms in total. The molecule has 1 unspecified atom stereocenters. The molecular formula is C12H15NO4. The first kappa shape index (κ1) is 11.9. The summed E-state index contributed by atoms with van der Waals surface area (Å²) in [6.07, 6.45) is -0.171. The first-order valence-electron chi connectivity index (χ1n) is 5.34. The fourth-order valence-electron chi connectivity index (χ4n) is 1.63. The first-order valence-corrected chi connectivity index (χ1v) is 5.34. The summed E-state index contributed by atoms with van der Waals surface area (Å²) in [5.74, 6) is 0.489. The Hall–Kier alpha value is -1.59. The van der Waals surface area contributed by atoms with Gasteiger partial charge in [0.1, 0.15) is 11.8 Å². The van der Waals surface area contributed by atoms with E-state index in [2.05, 4.69) is 4.74 Å². The largest absolute Gasteiger partial charge is 0.497 e. The second-order valence-corrected chi connectivity index (χ2v) is 3.79. The predicted octanol–water partition coefficient (Wildman–Crippen LogP) is 1.50. The Labute approximate surface area is 99.8 Å². The summed E-state index contributed by atoms with van der Waals surface area (Å²) in [5, 5.41) is 1.60. The predicted molar refractivity (Wildman–Crippen MR) is 60.1 cm³/mol. The maximum absolute atomic E-state index is 11.3. The van der Waals surface area contributed by atoms with Crippen LogP contribution in [-0.2, 0) is 14.4 Å². The van der Waals surface area contributed by atoms with E-state index in [9.17, 15) is 4.79 Å². The summed E-state index contributed by atoms with van der Waals surface area (Å²) in [6, 6.07) is 7.14. The number of nitrogens with zero attached hydrogens (tertiary/aromatic N) is 1. The molecule has 1 aliphatic rings. The molecule has 1 aromatic carbocycles. The lowest BCUT2D eigenvalue weighted by Gasteiger charge is -2.07. The highest BCUT2D eigenvalue weighted by Crippen LogP contribution is 2.39. The second-order valence-electron chi connectivity index (χ2n) is 3.79. The highest BCUT2D eigenvalue weighted by Gasteiger charge is 2.44. The van der Waals surface area contributed by atoms with Crippen LogP contribution in [0.25, 0.3) is 0 Å². The topological polar surface area (TPSA) is 51.1 Å². The van der Waals surface area contributed by atoms with Gasteiger partial charge < -0.3 is 9.47 Å². The quantitative estimate of drug-likeness (QED) is 0.586. The molecule has 0 amide bonds. The van der Waals surface area contributed by atoms with Gasteiger partial charge in [0, 0.05) is 0 Å². The van der Waals surface area contributed by atoms with Crippen LogP contribution in [0.15, 0.2) is 24.3 Å². The summed E-state index contributed by atoms with van der Waals surface area (Å²) >= 11 is 0. The Morgan fingerprint density at radius 2 is 2.00 bits per heavy atom. The van der Waals surface area contributed by atoms with Gasteiger partial charge in [-0.3, -0.25) is 9.63 Å². The van der Waals surface area contributed by atoms with Gasteiger partial charge in [-0.2, -0.15) is 0 Å². The van der Waals surface area contributed by atoms with Gasteiger partial charge in [0.2, 0.25) is 0 Å². The molecule has 17 heavy (non-hydrogen) atoms. The van der Waals surface area contributed by atoms with Crippen LogP contribution in [-0.4, -0.2) is 31.3 Å². The monoisotopic (exact) mass is 237 g/mol. The Bertz CT molecular complexity index is 403. The average molecular weight is 237 g/mol. The van der Waals surface area contributed by atoms with Crippen molar-refractivity contribution in [3.8, 4) is 5.75 Å². The Balaban J connectivity index is 2.00. The number of methoxy groups -OCH3 is 2. The first-order chi connectivity index (χ1) is 8.17. The standard InChI is InChI=1S/C12H15NO4/c1-8(12(14)16-3)13-11(17-13)9-4-6-10(15-2)7-5-9/h4-8,11H,1-3H3/t8-,11-,13?/m0/s1. The fraction of sp³-hybridized carbons (Fsp3) is 0.417. The van der Waals surface area contributed by atoms with Crippen LogP contribution in [0.5, 0.6) is 5.75 Å². The van der Waals surface area contributed by atoms with Crippen molar-refractivity contribution in [3.63, 3.8) is 0 Å². The number of rotatable bonds is 4. The van der Waals surface area contributed by atoms with Gasteiger partial charge in [0.15, 0.2) is 6.23 Å². The van der Waals surface area contributed by atoms with E-state index in [1.165, 1.54) is 7.11 Å². The summed E-state index contributed by atoms with van der Waals surface area (Å²) < 4.78 is 9.72. The van der Waals surface area contributed by atoms with E-state index < -0.39 is 6.04 Å². The number of ether oxygens (including phenoxy) is 2. The molecule has 5 heteroatoms. The van der Waals surface area contributed by atoms with Crippen LogP contribution < -0.4 is 4.74 Å². The number of hydroxylamine groups is 2. The molecule has 0 aromatic heterocycles. The average Bonchev–Trinajstić information content (AvgIpc) is 3.17. The molecule has 1 saturated heterocycles. The molecule has 0 radical (unpaired) electrons. The second kappa shape index (κ2) is 4.73. The van der Waals surface area contributed by atoms with Crippen molar-refractivity contribution in [2.45, 2.75) is 19.2 Å². The third-order valence-electron chi connectivity index (χ3n) is 2.73. The zero-order valence-corrected chi connectivity index (χ0v) is 10.0. The van der Waals surface area contributed by atoms with Gasteiger partial charge >= 0.3 is 5.97 Å². The lowest BCUT2D eigenvalue weighted by Crippen LogP contribution is -2.26. The summed E-state index contributed by atoms with van der Waals surface area (Å²) in [4.78, 5) is 16.7. The van der Waals surface area contributed by atoms with Crippen molar-refractivity contribution in [1.29, 1.82) is 0 Å². The van der Waals surface area contributed by atoms with E-state index in [1.54, 1.807) is 19.1 Å². The minimum Gasteiger partial charge on any atom is -0.497 e. The van der Waals surface area contributed by atoms with E-state index in [0.717, 1.165) is 11.3 Å². The van der Waals surface area contributed by atoms with Crippen LogP contribution in [0.2, 0.25) is 0 Å². The molecule has 0 bridgehead atoms. The van der Waals surface area contributed by atoms with E-state index in [-0.39, 0.29) is 12.2 Å². The third-order valence-corrected chi connectivity index (χ3v) is 2.73. The number of hydrogen-bond donors (Lipinski definition) is 0. The van der Waals surface area contributed by atoms with Crippen LogP contribution in [0.1, 0.15) is 18.7 Å². The Morgan fingerprint density at radius 1 is 1.35 bits per heavy atom. The summed E-state index contributed by atoms with van der Waals surface area (Å²) in [7, 11) is 2.99. The van der Waals surface area contributed by atoms with Crippen LogP contribution in [0, 0.1) is 0 Å². The van der Waals surface area contributed by atoms with Crippen molar-refractivity contribution < 1.29 is 19.1 Å². The maximum atomic E-state index is 11.3. The van der Waals surface area contributed by atoms with Crippen LogP contribution in [0.3, 0.4) is 0 Å². The molecular weight excluding hydrogens is 222 g/mol. The SMILES string of the molecule is COC(=O)[C@H](C)N1O[C@H]1c1ccc(OC)cc1. The lowest BCUT2D eigenvalue weighted by molar-refractivity contribution is -0.146. The highest BCUT2D eigenvalue weighted by molar-refractivity contribution is 5.75. The van der Waals surface area contributed by atoms with E-state index >= 15 is 0 Å². The number of esters is 1. The van der Waals surface area contributed by atoms with Crippen molar-refractivity contribution in [1.82, 2.24) is 5.06 Å². The normalized spacial score (nSPS) is 23.9. The third kappa shape index (κ3) is 2.40. The maximum Gasteiger partial charge on any atom is 0.325 e. The molecule has 0 saturated carbocycles. The Kier molecular flexibility index (Phi) is 3.31. The number of benzene rings is 1. The molecule has 0 spiro atoms. The van der Waals surface area contributed by atoms with Crippen molar-refractivity contribution in [3.05, 3.63) is 29.8 Å². The zero-order valence-electron chi connectivity index (χ0n) is 10.0. The van der Waals surface area contributed by atoms with E-state index in [1.807, 2.05) is 24.3 Å². The molecule has 1 fully saturated rings. The smallest absolute Gasteiger partial charge is 0.325 e. The van der Waals surface area contributed by atoms with Gasteiger partial charge in [0.25, 0.3) is 0 Å². The molecule has 3 atom stereocenters. The molecule has 2 rings (SSSR count). The minimum atomic E-state index is -0.396. The van der Waals surface area contributed by atoms with Gasteiger partial charge in [-0.1, -0.05) is 12.1 Å². The number of carbonyl (C=O) groups excluding carboxylic acids is 1.